The molecule has 8 aromatic carbocycles. The SMILES string of the molecule is [C-]#[N+]c1ccc(-c2ccc(-c3ccc(-c4ccc(-c5nc(-c6ccc(-c7ccccc7)cc6)c6ccccc6n5)cc4)c4ccccc34)cc2)cc1. The van der Waals surface area contributed by atoms with E-state index in [9.17, 15) is 0 Å². The van der Waals surface area contributed by atoms with Gasteiger partial charge >= 0.3 is 0 Å². The highest BCUT2D eigenvalue weighted by Gasteiger charge is 2.14. The van der Waals surface area contributed by atoms with E-state index in [1.807, 2.05) is 42.5 Å². The van der Waals surface area contributed by atoms with Gasteiger partial charge in [-0.3, -0.25) is 0 Å². The van der Waals surface area contributed by atoms with Crippen molar-refractivity contribution in [3.05, 3.63) is 199 Å². The Bertz CT molecular complexity index is 2740. The second kappa shape index (κ2) is 13.3. The maximum atomic E-state index is 7.23. The van der Waals surface area contributed by atoms with E-state index in [2.05, 4.69) is 150 Å². The summed E-state index contributed by atoms with van der Waals surface area (Å²) < 4.78 is 0. The third-order valence-corrected chi connectivity index (χ3v) is 9.77. The molecule has 1 heterocycles. The molecule has 0 aliphatic rings. The summed E-state index contributed by atoms with van der Waals surface area (Å²) in [5, 5.41) is 3.44. The predicted octanol–water partition coefficient (Wildman–Crippen LogP) is 13.3. The van der Waals surface area contributed by atoms with Crippen LogP contribution in [0.3, 0.4) is 0 Å². The molecule has 3 nitrogen and oxygen atoms in total. The van der Waals surface area contributed by atoms with Crippen LogP contribution in [0.2, 0.25) is 0 Å². The number of nitrogens with zero attached hydrogens (tertiary/aromatic N) is 3. The van der Waals surface area contributed by atoms with Crippen molar-refractivity contribution in [2.45, 2.75) is 0 Å². The van der Waals surface area contributed by atoms with Gasteiger partial charge in [-0.2, -0.15) is 0 Å². The third-order valence-electron chi connectivity index (χ3n) is 9.77. The van der Waals surface area contributed by atoms with Gasteiger partial charge in [0, 0.05) is 16.5 Å². The van der Waals surface area contributed by atoms with E-state index in [4.69, 9.17) is 16.5 Å². The van der Waals surface area contributed by atoms with E-state index in [0.29, 0.717) is 11.5 Å². The number of para-hydroxylation sites is 1. The molecule has 242 valence electrons. The Kier molecular flexibility index (Phi) is 7.89. The van der Waals surface area contributed by atoms with Crippen LogP contribution >= 0.6 is 0 Å². The van der Waals surface area contributed by atoms with E-state index in [-0.39, 0.29) is 0 Å². The van der Waals surface area contributed by atoms with Crippen molar-refractivity contribution in [2.75, 3.05) is 0 Å². The summed E-state index contributed by atoms with van der Waals surface area (Å²) in [6.45, 7) is 7.23. The van der Waals surface area contributed by atoms with Crippen LogP contribution < -0.4 is 0 Å². The van der Waals surface area contributed by atoms with Gasteiger partial charge in [0.15, 0.2) is 11.5 Å². The number of rotatable bonds is 6. The Hall–Kier alpha value is -7.15. The zero-order valence-corrected chi connectivity index (χ0v) is 28.2. The molecule has 52 heavy (non-hydrogen) atoms. The number of benzene rings is 8. The molecule has 0 atom stereocenters. The van der Waals surface area contributed by atoms with Crippen LogP contribution in [0.5, 0.6) is 0 Å². The summed E-state index contributed by atoms with van der Waals surface area (Å²) in [5.41, 5.74) is 13.8. The number of fused-ring (bicyclic) bond motifs is 2. The smallest absolute Gasteiger partial charge is 0.187 e. The minimum absolute atomic E-state index is 0.652. The van der Waals surface area contributed by atoms with E-state index >= 15 is 0 Å². The van der Waals surface area contributed by atoms with Gasteiger partial charge in [-0.25, -0.2) is 14.8 Å². The zero-order valence-electron chi connectivity index (χ0n) is 28.2. The summed E-state index contributed by atoms with van der Waals surface area (Å²) in [6, 6.07) is 65.5. The Labute approximate surface area is 303 Å². The Morgan fingerprint density at radius 2 is 0.750 bits per heavy atom. The molecule has 9 rings (SSSR count). The van der Waals surface area contributed by atoms with Crippen molar-refractivity contribution in [3.8, 4) is 67.2 Å². The topological polar surface area (TPSA) is 30.1 Å². The van der Waals surface area contributed by atoms with Crippen LogP contribution in [-0.2, 0) is 0 Å². The van der Waals surface area contributed by atoms with E-state index < -0.39 is 0 Å². The molecule has 0 bridgehead atoms. The second-order valence-electron chi connectivity index (χ2n) is 12.9. The number of hydrogen-bond acceptors (Lipinski definition) is 2. The van der Waals surface area contributed by atoms with Gasteiger partial charge in [0.1, 0.15) is 0 Å². The lowest BCUT2D eigenvalue weighted by Crippen LogP contribution is -1.95. The van der Waals surface area contributed by atoms with Gasteiger partial charge < -0.3 is 0 Å². The molecule has 0 saturated carbocycles. The molecular weight excluding hydrogens is 631 g/mol. The van der Waals surface area contributed by atoms with Crippen LogP contribution in [0.25, 0.3) is 93.7 Å². The maximum Gasteiger partial charge on any atom is 0.187 e. The highest BCUT2D eigenvalue weighted by Crippen LogP contribution is 2.38. The quantitative estimate of drug-likeness (QED) is 0.166. The fraction of sp³-hybridized carbons (Fsp3) is 0. The molecule has 0 spiro atoms. The lowest BCUT2D eigenvalue weighted by atomic mass is 9.91. The fourth-order valence-corrected chi connectivity index (χ4v) is 7.05. The largest absolute Gasteiger partial charge is 0.238 e. The fourth-order valence-electron chi connectivity index (χ4n) is 7.05. The first-order valence-electron chi connectivity index (χ1n) is 17.4. The van der Waals surface area contributed by atoms with Crippen molar-refractivity contribution in [1.29, 1.82) is 0 Å². The summed E-state index contributed by atoms with van der Waals surface area (Å²) in [6.07, 6.45) is 0. The summed E-state index contributed by atoms with van der Waals surface area (Å²) in [5.74, 6) is 0.707. The standard InChI is InChI=1S/C49H31N3/c1-50-41-29-27-36(28-30-41)35-15-19-37(20-16-35)42-31-32-43(45-12-6-5-11-44(42)45)38-21-25-40(26-22-38)49-51-47-14-8-7-13-46(47)48(52-49)39-23-17-34(18-24-39)33-9-3-2-4-10-33/h2-32H. The monoisotopic (exact) mass is 661 g/mol. The first-order chi connectivity index (χ1) is 25.7. The highest BCUT2D eigenvalue weighted by atomic mass is 14.9. The van der Waals surface area contributed by atoms with Gasteiger partial charge in [0.2, 0.25) is 0 Å². The molecule has 0 unspecified atom stereocenters. The van der Waals surface area contributed by atoms with Crippen molar-refractivity contribution in [2.24, 2.45) is 0 Å². The molecule has 1 aromatic heterocycles. The number of hydrogen-bond donors (Lipinski definition) is 0. The van der Waals surface area contributed by atoms with Crippen molar-refractivity contribution >= 4 is 27.4 Å². The minimum atomic E-state index is 0.652. The summed E-state index contributed by atoms with van der Waals surface area (Å²) >= 11 is 0. The zero-order chi connectivity index (χ0) is 34.9. The molecule has 0 N–H and O–H groups in total. The molecule has 0 radical (unpaired) electrons. The first-order valence-corrected chi connectivity index (χ1v) is 17.4. The van der Waals surface area contributed by atoms with Crippen LogP contribution in [0.1, 0.15) is 0 Å². The average Bonchev–Trinajstić information content (AvgIpc) is 3.23. The van der Waals surface area contributed by atoms with Crippen LogP contribution in [0.4, 0.5) is 5.69 Å². The van der Waals surface area contributed by atoms with Crippen LogP contribution in [0, 0.1) is 6.57 Å². The normalized spacial score (nSPS) is 11.1. The van der Waals surface area contributed by atoms with Gasteiger partial charge in [-0.05, 0) is 61.3 Å². The lowest BCUT2D eigenvalue weighted by molar-refractivity contribution is 1.23. The van der Waals surface area contributed by atoms with Crippen LogP contribution in [-0.4, -0.2) is 9.97 Å². The van der Waals surface area contributed by atoms with Crippen molar-refractivity contribution in [1.82, 2.24) is 9.97 Å². The molecule has 0 aliphatic heterocycles. The van der Waals surface area contributed by atoms with E-state index in [1.54, 1.807) is 0 Å². The third kappa shape index (κ3) is 5.79. The predicted molar refractivity (Wildman–Crippen MR) is 216 cm³/mol. The molecule has 0 aliphatic carbocycles. The Balaban J connectivity index is 1.04. The second-order valence-corrected chi connectivity index (χ2v) is 12.9. The van der Waals surface area contributed by atoms with Gasteiger partial charge in [0.05, 0.1) is 17.8 Å². The first kappa shape index (κ1) is 30.9. The molecule has 0 saturated heterocycles. The molecule has 0 amide bonds. The molecule has 9 aromatic rings. The van der Waals surface area contributed by atoms with Crippen molar-refractivity contribution in [3.63, 3.8) is 0 Å². The van der Waals surface area contributed by atoms with Gasteiger partial charge in [-0.1, -0.05) is 182 Å². The van der Waals surface area contributed by atoms with E-state index in [1.165, 1.54) is 38.6 Å². The Morgan fingerprint density at radius 3 is 1.31 bits per heavy atom. The van der Waals surface area contributed by atoms with E-state index in [0.717, 1.165) is 44.4 Å². The summed E-state index contributed by atoms with van der Waals surface area (Å²) in [7, 11) is 0. The molecule has 0 fully saturated rings. The summed E-state index contributed by atoms with van der Waals surface area (Å²) in [4.78, 5) is 13.7. The number of aromatic nitrogens is 2. The van der Waals surface area contributed by atoms with Gasteiger partial charge in [-0.15, -0.1) is 0 Å². The molecular formula is C49H31N3. The van der Waals surface area contributed by atoms with Crippen LogP contribution in [0.15, 0.2) is 188 Å². The highest BCUT2D eigenvalue weighted by molar-refractivity contribution is 6.05. The average molecular weight is 662 g/mol. The minimum Gasteiger partial charge on any atom is -0.238 e. The van der Waals surface area contributed by atoms with Gasteiger partial charge in [0.25, 0.3) is 0 Å². The molecule has 3 heteroatoms. The Morgan fingerprint density at radius 1 is 0.327 bits per heavy atom. The van der Waals surface area contributed by atoms with Crippen molar-refractivity contribution < 1.29 is 0 Å². The maximum absolute atomic E-state index is 7.23. The lowest BCUT2D eigenvalue weighted by Gasteiger charge is -2.13.